The highest BCUT2D eigenvalue weighted by Gasteiger charge is 2.47. The smallest absolute Gasteiger partial charge is 0.0687 e. The molecule has 0 aromatic carbocycles. The van der Waals surface area contributed by atoms with Gasteiger partial charge in [0, 0.05) is 12.6 Å². The monoisotopic (exact) mass is 293 g/mol. The van der Waals surface area contributed by atoms with Gasteiger partial charge in [0.15, 0.2) is 0 Å². The van der Waals surface area contributed by atoms with Crippen molar-refractivity contribution in [3.8, 4) is 0 Å². The molecule has 122 valence electrons. The average molecular weight is 293 g/mol. The third kappa shape index (κ3) is 3.82. The van der Waals surface area contributed by atoms with E-state index in [2.05, 4.69) is 26.1 Å². The molecule has 1 aliphatic heterocycles. The van der Waals surface area contributed by atoms with Crippen LogP contribution in [-0.2, 0) is 4.74 Å². The van der Waals surface area contributed by atoms with Crippen LogP contribution in [-0.4, -0.2) is 24.3 Å². The number of rotatable bonds is 6. The van der Waals surface area contributed by atoms with Crippen molar-refractivity contribution < 1.29 is 4.74 Å². The fraction of sp³-hybridized carbons (Fsp3) is 1.00. The van der Waals surface area contributed by atoms with Gasteiger partial charge in [-0.2, -0.15) is 0 Å². The molecule has 2 nitrogen and oxygen atoms in total. The van der Waals surface area contributed by atoms with Crippen molar-refractivity contribution in [3.63, 3.8) is 0 Å². The molecule has 2 aliphatic carbocycles. The fourth-order valence-electron chi connectivity index (χ4n) is 4.72. The van der Waals surface area contributed by atoms with Crippen molar-refractivity contribution in [2.45, 2.75) is 103 Å². The standard InChI is InChI=1S/C19H35NO/c1-15(2)20-14-18(3,16-7-8-16)13-17-9-12-19(21-17)10-5-4-6-11-19/h15-17,20H,4-14H2,1-3H3. The van der Waals surface area contributed by atoms with Crippen molar-refractivity contribution in [3.05, 3.63) is 0 Å². The van der Waals surface area contributed by atoms with Gasteiger partial charge in [0.2, 0.25) is 0 Å². The van der Waals surface area contributed by atoms with Crippen LogP contribution in [0.5, 0.6) is 0 Å². The zero-order valence-corrected chi connectivity index (χ0v) is 14.4. The van der Waals surface area contributed by atoms with E-state index in [1.54, 1.807) is 0 Å². The van der Waals surface area contributed by atoms with Crippen LogP contribution in [0.1, 0.15) is 85.0 Å². The normalized spacial score (nSPS) is 31.7. The van der Waals surface area contributed by atoms with E-state index in [4.69, 9.17) is 4.74 Å². The van der Waals surface area contributed by atoms with Crippen molar-refractivity contribution in [1.82, 2.24) is 5.32 Å². The minimum absolute atomic E-state index is 0.291. The van der Waals surface area contributed by atoms with E-state index in [-0.39, 0.29) is 0 Å². The van der Waals surface area contributed by atoms with E-state index in [0.29, 0.717) is 23.2 Å². The van der Waals surface area contributed by atoms with Gasteiger partial charge in [-0.1, -0.05) is 40.0 Å². The number of nitrogens with one attached hydrogen (secondary N) is 1. The third-order valence-electron chi connectivity index (χ3n) is 6.27. The first-order chi connectivity index (χ1) is 10.0. The Morgan fingerprint density at radius 3 is 2.43 bits per heavy atom. The summed E-state index contributed by atoms with van der Waals surface area (Å²) < 4.78 is 6.64. The lowest BCUT2D eigenvalue weighted by Gasteiger charge is -2.36. The van der Waals surface area contributed by atoms with E-state index < -0.39 is 0 Å². The predicted octanol–water partition coefficient (Wildman–Crippen LogP) is 4.67. The van der Waals surface area contributed by atoms with Crippen molar-refractivity contribution in [2.24, 2.45) is 11.3 Å². The molecule has 0 aromatic rings. The van der Waals surface area contributed by atoms with Crippen LogP contribution in [0.3, 0.4) is 0 Å². The second kappa shape index (κ2) is 6.20. The van der Waals surface area contributed by atoms with Gasteiger partial charge in [0.1, 0.15) is 0 Å². The largest absolute Gasteiger partial charge is 0.372 e. The first-order valence-electron chi connectivity index (χ1n) is 9.43. The molecule has 2 saturated carbocycles. The highest BCUT2D eigenvalue weighted by molar-refractivity contribution is 4.98. The van der Waals surface area contributed by atoms with Gasteiger partial charge in [-0.3, -0.25) is 0 Å². The lowest BCUT2D eigenvalue weighted by molar-refractivity contribution is -0.0775. The van der Waals surface area contributed by atoms with Gasteiger partial charge in [-0.15, -0.1) is 0 Å². The Morgan fingerprint density at radius 2 is 1.81 bits per heavy atom. The summed E-state index contributed by atoms with van der Waals surface area (Å²) in [6.45, 7) is 8.20. The molecule has 1 spiro atoms. The molecule has 0 aromatic heterocycles. The Hall–Kier alpha value is -0.0800. The Balaban J connectivity index is 1.56. The SMILES string of the molecule is CC(C)NCC(C)(CC1CCC2(CCCCC2)O1)C1CC1. The molecule has 1 saturated heterocycles. The van der Waals surface area contributed by atoms with Crippen molar-refractivity contribution >= 4 is 0 Å². The molecule has 0 amide bonds. The summed E-state index contributed by atoms with van der Waals surface area (Å²) in [5.74, 6) is 0.940. The van der Waals surface area contributed by atoms with Crippen LogP contribution in [0.15, 0.2) is 0 Å². The third-order valence-corrected chi connectivity index (χ3v) is 6.27. The molecule has 21 heavy (non-hydrogen) atoms. The zero-order chi connectivity index (χ0) is 14.9. The molecular weight excluding hydrogens is 258 g/mol. The maximum Gasteiger partial charge on any atom is 0.0687 e. The minimum atomic E-state index is 0.291. The second-order valence-corrected chi connectivity index (χ2v) is 8.69. The molecule has 3 fully saturated rings. The Kier molecular flexibility index (Phi) is 4.66. The van der Waals surface area contributed by atoms with E-state index in [1.165, 1.54) is 70.8 Å². The van der Waals surface area contributed by atoms with E-state index in [1.807, 2.05) is 0 Å². The Morgan fingerprint density at radius 1 is 1.10 bits per heavy atom. The van der Waals surface area contributed by atoms with Crippen LogP contribution in [0.25, 0.3) is 0 Å². The van der Waals surface area contributed by atoms with E-state index >= 15 is 0 Å². The number of ether oxygens (including phenoxy) is 1. The maximum atomic E-state index is 6.64. The van der Waals surface area contributed by atoms with Crippen LogP contribution in [0.4, 0.5) is 0 Å². The summed E-state index contributed by atoms with van der Waals surface area (Å²) in [5, 5.41) is 3.70. The summed E-state index contributed by atoms with van der Waals surface area (Å²) in [6, 6.07) is 0.595. The van der Waals surface area contributed by atoms with Gasteiger partial charge < -0.3 is 10.1 Å². The molecule has 0 radical (unpaired) electrons. The number of hydrogen-bond donors (Lipinski definition) is 1. The summed E-state index contributed by atoms with van der Waals surface area (Å²) in [5.41, 5.74) is 0.744. The van der Waals surface area contributed by atoms with Gasteiger partial charge in [-0.25, -0.2) is 0 Å². The molecule has 2 heteroatoms. The highest BCUT2D eigenvalue weighted by atomic mass is 16.5. The van der Waals surface area contributed by atoms with E-state index in [9.17, 15) is 0 Å². The molecule has 2 unspecified atom stereocenters. The fourth-order valence-corrected chi connectivity index (χ4v) is 4.72. The van der Waals surface area contributed by atoms with Crippen molar-refractivity contribution in [2.75, 3.05) is 6.54 Å². The van der Waals surface area contributed by atoms with Crippen LogP contribution >= 0.6 is 0 Å². The highest BCUT2D eigenvalue weighted by Crippen LogP contribution is 2.51. The van der Waals surface area contributed by atoms with Crippen molar-refractivity contribution in [1.29, 1.82) is 0 Å². The Labute approximate surface area is 131 Å². The van der Waals surface area contributed by atoms with E-state index in [0.717, 1.165) is 5.92 Å². The summed E-state index contributed by atoms with van der Waals surface area (Å²) in [7, 11) is 0. The molecule has 1 heterocycles. The molecule has 3 rings (SSSR count). The van der Waals surface area contributed by atoms with Crippen LogP contribution < -0.4 is 5.32 Å². The Bertz CT molecular complexity index is 343. The van der Waals surface area contributed by atoms with Gasteiger partial charge in [-0.05, 0) is 56.3 Å². The first-order valence-corrected chi connectivity index (χ1v) is 9.43. The predicted molar refractivity (Wildman–Crippen MR) is 88.5 cm³/mol. The summed E-state index contributed by atoms with van der Waals surface area (Å²) >= 11 is 0. The summed E-state index contributed by atoms with van der Waals surface area (Å²) in [6.07, 6.45) is 14.2. The number of hydrogen-bond acceptors (Lipinski definition) is 2. The van der Waals surface area contributed by atoms with Crippen LogP contribution in [0, 0.1) is 11.3 Å². The zero-order valence-electron chi connectivity index (χ0n) is 14.4. The molecule has 1 N–H and O–H groups in total. The van der Waals surface area contributed by atoms with Gasteiger partial charge in [0.05, 0.1) is 11.7 Å². The van der Waals surface area contributed by atoms with Gasteiger partial charge in [0.25, 0.3) is 0 Å². The lowest BCUT2D eigenvalue weighted by Crippen LogP contribution is -2.40. The molecular formula is C19H35NO. The molecule has 0 bridgehead atoms. The first kappa shape index (κ1) is 15.8. The average Bonchev–Trinajstić information content (AvgIpc) is 3.24. The molecule has 2 atom stereocenters. The topological polar surface area (TPSA) is 21.3 Å². The lowest BCUT2D eigenvalue weighted by atomic mass is 9.78. The van der Waals surface area contributed by atoms with Crippen LogP contribution in [0.2, 0.25) is 0 Å². The second-order valence-electron chi connectivity index (χ2n) is 8.69. The minimum Gasteiger partial charge on any atom is -0.372 e. The maximum absolute atomic E-state index is 6.64. The quantitative estimate of drug-likeness (QED) is 0.768. The van der Waals surface area contributed by atoms with Gasteiger partial charge >= 0.3 is 0 Å². The summed E-state index contributed by atoms with van der Waals surface area (Å²) in [4.78, 5) is 0. The molecule has 3 aliphatic rings.